The summed E-state index contributed by atoms with van der Waals surface area (Å²) < 4.78 is 0. The van der Waals surface area contributed by atoms with E-state index in [2.05, 4.69) is 34.2 Å². The van der Waals surface area contributed by atoms with E-state index in [4.69, 9.17) is 0 Å². The van der Waals surface area contributed by atoms with E-state index in [1.54, 1.807) is 6.20 Å². The van der Waals surface area contributed by atoms with E-state index >= 15 is 0 Å². The van der Waals surface area contributed by atoms with Gasteiger partial charge in [0.25, 0.3) is 0 Å². The summed E-state index contributed by atoms with van der Waals surface area (Å²) in [7, 11) is 0. The molecule has 0 fully saturated rings. The van der Waals surface area contributed by atoms with Crippen molar-refractivity contribution < 1.29 is 20.1 Å². The second-order valence-corrected chi connectivity index (χ2v) is 6.15. The molecule has 0 saturated carbocycles. The van der Waals surface area contributed by atoms with Gasteiger partial charge in [-0.3, -0.25) is 0 Å². The SMILES string of the molecule is [Ir].[c-]1ccccc1-c1ccccn1.[c-]1ccccc1-c1nccc2ccccc12. The first kappa shape index (κ1) is 20.6. The smallest absolute Gasteiger partial charge is 0.0167 e. The first-order chi connectivity index (χ1) is 13.9. The normalized spacial score (nSPS) is 9.79. The van der Waals surface area contributed by atoms with Crippen LogP contribution >= 0.6 is 0 Å². The molecule has 0 bridgehead atoms. The monoisotopic (exact) mass is 551 g/mol. The topological polar surface area (TPSA) is 25.8 Å². The molecule has 5 aromatic rings. The molecule has 3 heteroatoms. The van der Waals surface area contributed by atoms with Crippen molar-refractivity contribution in [1.82, 2.24) is 9.97 Å². The van der Waals surface area contributed by atoms with Gasteiger partial charge >= 0.3 is 0 Å². The van der Waals surface area contributed by atoms with Crippen LogP contribution in [0.5, 0.6) is 0 Å². The van der Waals surface area contributed by atoms with Crippen LogP contribution in [-0.4, -0.2) is 9.97 Å². The average molecular weight is 551 g/mol. The third-order valence-corrected chi connectivity index (χ3v) is 4.29. The molecule has 0 saturated heterocycles. The molecule has 1 radical (unpaired) electrons. The summed E-state index contributed by atoms with van der Waals surface area (Å²) in [5.74, 6) is 0. The molecule has 2 aromatic heterocycles. The van der Waals surface area contributed by atoms with Crippen molar-refractivity contribution in [3.63, 3.8) is 0 Å². The summed E-state index contributed by atoms with van der Waals surface area (Å²) in [6.07, 6.45) is 3.63. The van der Waals surface area contributed by atoms with E-state index in [0.717, 1.165) is 22.5 Å². The maximum absolute atomic E-state index is 4.45. The van der Waals surface area contributed by atoms with Crippen molar-refractivity contribution in [2.45, 2.75) is 0 Å². The van der Waals surface area contributed by atoms with Crippen molar-refractivity contribution in [2.75, 3.05) is 0 Å². The molecule has 0 spiro atoms. The first-order valence-corrected chi connectivity index (χ1v) is 9.11. The molecule has 143 valence electrons. The third kappa shape index (κ3) is 5.23. The van der Waals surface area contributed by atoms with Crippen LogP contribution in [-0.2, 0) is 20.1 Å². The fraction of sp³-hybridized carbons (Fsp3) is 0. The Morgan fingerprint density at radius 1 is 0.552 bits per heavy atom. The van der Waals surface area contributed by atoms with Gasteiger partial charge in [-0.05, 0) is 34.3 Å². The summed E-state index contributed by atoms with van der Waals surface area (Å²) >= 11 is 0. The van der Waals surface area contributed by atoms with Crippen molar-refractivity contribution >= 4 is 10.8 Å². The van der Waals surface area contributed by atoms with E-state index in [1.807, 2.05) is 91.1 Å². The summed E-state index contributed by atoms with van der Waals surface area (Å²) in [6, 6.07) is 38.3. The molecule has 2 nitrogen and oxygen atoms in total. The molecule has 2 heterocycles. The van der Waals surface area contributed by atoms with E-state index < -0.39 is 0 Å². The molecule has 0 aliphatic heterocycles. The number of hydrogen-bond donors (Lipinski definition) is 0. The maximum Gasteiger partial charge on any atom is 0.0167 e. The van der Waals surface area contributed by atoms with Crippen molar-refractivity contribution in [3.8, 4) is 22.5 Å². The largest absolute Gasteiger partial charge is 0.305 e. The molecule has 0 unspecified atom stereocenters. The van der Waals surface area contributed by atoms with E-state index in [1.165, 1.54) is 10.8 Å². The van der Waals surface area contributed by atoms with Gasteiger partial charge in [0.2, 0.25) is 0 Å². The summed E-state index contributed by atoms with van der Waals surface area (Å²) in [4.78, 5) is 8.66. The molecule has 0 atom stereocenters. The van der Waals surface area contributed by atoms with E-state index in [-0.39, 0.29) is 20.1 Å². The van der Waals surface area contributed by atoms with Gasteiger partial charge in [0.15, 0.2) is 0 Å². The standard InChI is InChI=1S/C15H10N.C11H8N.Ir/c1-2-7-13(8-3-1)15-14-9-5-4-6-12(14)10-11-16-15;1-2-6-10(7-3-1)11-8-4-5-9-12-11;/h1-7,9-11H;1-6,8-9H;/q2*-1;. The zero-order chi connectivity index (χ0) is 19.0. The summed E-state index contributed by atoms with van der Waals surface area (Å²) in [5.41, 5.74) is 4.05. The second kappa shape index (κ2) is 10.4. The Kier molecular flexibility index (Phi) is 7.40. The molecule has 0 amide bonds. The third-order valence-electron chi connectivity index (χ3n) is 4.29. The Hall–Kier alpha value is -3.13. The van der Waals surface area contributed by atoms with Crippen molar-refractivity contribution in [1.29, 1.82) is 0 Å². The zero-order valence-electron chi connectivity index (χ0n) is 15.6. The van der Waals surface area contributed by atoms with Gasteiger partial charge in [-0.25, -0.2) is 0 Å². The number of hydrogen-bond acceptors (Lipinski definition) is 2. The van der Waals surface area contributed by atoms with Gasteiger partial charge in [0.05, 0.1) is 0 Å². The minimum atomic E-state index is 0. The molecule has 0 aliphatic rings. The first-order valence-electron chi connectivity index (χ1n) is 9.11. The van der Waals surface area contributed by atoms with Crippen LogP contribution in [0.2, 0.25) is 0 Å². The van der Waals surface area contributed by atoms with Gasteiger partial charge in [0, 0.05) is 32.5 Å². The Morgan fingerprint density at radius 3 is 1.93 bits per heavy atom. The van der Waals surface area contributed by atoms with Gasteiger partial charge in [-0.15, -0.1) is 71.8 Å². The number of fused-ring (bicyclic) bond motifs is 1. The van der Waals surface area contributed by atoms with Crippen LogP contribution in [0.3, 0.4) is 0 Å². The quantitative estimate of drug-likeness (QED) is 0.243. The summed E-state index contributed by atoms with van der Waals surface area (Å²) in [6.45, 7) is 0. The number of nitrogens with zero attached hydrogens (tertiary/aromatic N) is 2. The van der Waals surface area contributed by atoms with Gasteiger partial charge in [-0.1, -0.05) is 36.4 Å². The summed E-state index contributed by atoms with van der Waals surface area (Å²) in [5, 5.41) is 2.39. The minimum Gasteiger partial charge on any atom is -0.305 e. The van der Waals surface area contributed by atoms with Gasteiger partial charge in [-0.2, -0.15) is 0 Å². The van der Waals surface area contributed by atoms with Crippen LogP contribution in [0, 0.1) is 12.1 Å². The molecular formula is C26H18IrN2-2. The van der Waals surface area contributed by atoms with Crippen LogP contribution in [0.1, 0.15) is 0 Å². The van der Waals surface area contributed by atoms with E-state index in [0.29, 0.717) is 0 Å². The average Bonchev–Trinajstić information content (AvgIpc) is 2.81. The fourth-order valence-electron chi connectivity index (χ4n) is 2.95. The van der Waals surface area contributed by atoms with Crippen LogP contribution in [0.4, 0.5) is 0 Å². The number of rotatable bonds is 2. The molecule has 29 heavy (non-hydrogen) atoms. The van der Waals surface area contributed by atoms with Crippen LogP contribution in [0.15, 0.2) is 109 Å². The molecule has 0 aliphatic carbocycles. The number of pyridine rings is 2. The Balaban J connectivity index is 0.000000167. The number of benzene rings is 3. The number of aromatic nitrogens is 2. The minimum absolute atomic E-state index is 0. The van der Waals surface area contributed by atoms with Crippen LogP contribution in [0.25, 0.3) is 33.3 Å². The van der Waals surface area contributed by atoms with Crippen molar-refractivity contribution in [2.24, 2.45) is 0 Å². The van der Waals surface area contributed by atoms with E-state index in [9.17, 15) is 0 Å². The predicted molar refractivity (Wildman–Crippen MR) is 115 cm³/mol. The fourth-order valence-corrected chi connectivity index (χ4v) is 2.95. The molecule has 5 rings (SSSR count). The molecule has 0 N–H and O–H groups in total. The zero-order valence-corrected chi connectivity index (χ0v) is 18.0. The second-order valence-electron chi connectivity index (χ2n) is 6.15. The Labute approximate surface area is 184 Å². The van der Waals surface area contributed by atoms with Crippen molar-refractivity contribution in [3.05, 3.63) is 122 Å². The Bertz CT molecular complexity index is 1100. The predicted octanol–water partition coefficient (Wildman–Crippen LogP) is 6.25. The van der Waals surface area contributed by atoms with Gasteiger partial charge < -0.3 is 9.97 Å². The van der Waals surface area contributed by atoms with Gasteiger partial charge in [0.1, 0.15) is 0 Å². The molecule has 3 aromatic carbocycles. The Morgan fingerprint density at radius 2 is 1.24 bits per heavy atom. The molecular weight excluding hydrogens is 533 g/mol. The maximum atomic E-state index is 4.45. The van der Waals surface area contributed by atoms with Crippen LogP contribution < -0.4 is 0 Å².